The first-order valence-corrected chi connectivity index (χ1v) is 31.9. The molecule has 1 heterocycles. The highest BCUT2D eigenvalue weighted by atomic mass is 28.3. The second-order valence-electron chi connectivity index (χ2n) is 22.7. The van der Waals surface area contributed by atoms with Crippen LogP contribution in [0.25, 0.3) is 38.2 Å². The van der Waals surface area contributed by atoms with Crippen molar-refractivity contribution >= 4 is 73.2 Å². The first kappa shape index (κ1) is 60.0. The summed E-state index contributed by atoms with van der Waals surface area (Å²) < 4.78 is 11.3. The monoisotopic (exact) mass is 1120 g/mol. The summed E-state index contributed by atoms with van der Waals surface area (Å²) >= 11 is 0. The van der Waals surface area contributed by atoms with Gasteiger partial charge in [-0.15, -0.1) is 0 Å². The third-order valence-electron chi connectivity index (χ3n) is 16.4. The van der Waals surface area contributed by atoms with Crippen molar-refractivity contribution in [2.24, 2.45) is 4.99 Å². The fraction of sp³-hybridized carbons (Fsp3) is 0.271. The van der Waals surface area contributed by atoms with Crippen LogP contribution in [-0.4, -0.2) is 87.4 Å². The first-order valence-electron chi connectivity index (χ1n) is 28.9. The Morgan fingerprint density at radius 1 is 0.663 bits per heavy atom. The van der Waals surface area contributed by atoms with Crippen LogP contribution in [0.15, 0.2) is 186 Å². The number of Topliss-reactive ketones (excluding diaryl/α,β-unsaturated/α-hetero) is 1. The van der Waals surface area contributed by atoms with Crippen LogP contribution in [0.2, 0.25) is 13.1 Å². The average molecular weight is 1120 g/mol. The highest BCUT2D eigenvalue weighted by molar-refractivity contribution is 6.98. The normalized spacial score (nSPS) is 14.0. The molecule has 83 heavy (non-hydrogen) atoms. The second kappa shape index (κ2) is 27.2. The van der Waals surface area contributed by atoms with Gasteiger partial charge in [-0.3, -0.25) is 24.4 Å². The van der Waals surface area contributed by atoms with Crippen LogP contribution in [0.1, 0.15) is 91.0 Å². The van der Waals surface area contributed by atoms with Gasteiger partial charge < -0.3 is 24.7 Å². The number of unbranched alkanes of at least 4 members (excludes halogenated alkanes) is 1. The molecule has 7 aromatic rings. The number of benzene rings is 7. The number of carbonyl (C=O) groups is 2. The third kappa shape index (κ3) is 13.7. The number of aliphatic imine (C=N–C) groups is 1. The first-order chi connectivity index (χ1) is 40.1. The number of amides is 1. The van der Waals surface area contributed by atoms with E-state index in [1.54, 1.807) is 13.8 Å². The highest BCUT2D eigenvalue weighted by Crippen LogP contribution is 2.44. The fourth-order valence-electron chi connectivity index (χ4n) is 12.0. The van der Waals surface area contributed by atoms with Gasteiger partial charge in [-0.25, -0.2) is 0 Å². The number of nitrogens with one attached hydrogen (secondary N) is 1. The summed E-state index contributed by atoms with van der Waals surface area (Å²) in [5, 5.41) is 30.1. The maximum Gasteiger partial charge on any atom is 0.569 e. The summed E-state index contributed by atoms with van der Waals surface area (Å²) in [6.07, 6.45) is 10.4. The molecule has 0 saturated carbocycles. The zero-order valence-electron chi connectivity index (χ0n) is 49.3. The molecule has 1 aliphatic heterocycles. The maximum absolute atomic E-state index is 12.8. The van der Waals surface area contributed by atoms with E-state index in [0.717, 1.165) is 83.3 Å². The molecule has 0 saturated heterocycles. The van der Waals surface area contributed by atoms with Gasteiger partial charge in [-0.2, -0.15) is 0 Å². The number of hydrogen-bond donors (Lipinski definition) is 3. The number of para-hydroxylation sites is 2. The Balaban J connectivity index is 1.23. The van der Waals surface area contributed by atoms with Crippen molar-refractivity contribution in [3.05, 3.63) is 225 Å². The summed E-state index contributed by atoms with van der Waals surface area (Å²) in [6, 6.07) is 45.4. The summed E-state index contributed by atoms with van der Waals surface area (Å²) in [5.41, 5.74) is 15.9. The molecule has 2 aliphatic rings. The topological polar surface area (TPSA) is 124 Å². The number of hydrogen-bond acceptors (Lipinski definition) is 9. The van der Waals surface area contributed by atoms with Crippen LogP contribution < -0.4 is 19.8 Å². The van der Waals surface area contributed by atoms with Crippen molar-refractivity contribution in [2.75, 3.05) is 26.7 Å². The molecule has 0 bridgehead atoms. The maximum atomic E-state index is 12.8. The van der Waals surface area contributed by atoms with E-state index in [4.69, 9.17) is 9.31 Å². The molecular weight excluding hydrogens is 1040 g/mol. The lowest BCUT2D eigenvalue weighted by Gasteiger charge is -2.38. The van der Waals surface area contributed by atoms with Gasteiger partial charge in [0, 0.05) is 69.4 Å². The van der Waals surface area contributed by atoms with Gasteiger partial charge in [-0.1, -0.05) is 142 Å². The zero-order valence-corrected chi connectivity index (χ0v) is 50.3. The molecule has 0 aromatic heterocycles. The molecule has 10 nitrogen and oxygen atoms in total. The molecule has 2 radical (unpaired) electrons. The standard InChI is InChI=1S/C70H76B2N4O6Si/c1-10-49-27-30-59-67(38-49)83(8,9)68-41-55(73-7)29-32-60(68)69(59)54-37-48(6)36-53(39-54)50-28-31-58-61(40-50)63(45-75(34-18-17-24-64(77)46(2)3)42-51-20-11-15-25-65(51)81-71-79)57-23-14-13-22-56(57)62(58)44-76(35-19-33-74-70(78)47(4)5)43-52-21-12-16-26-66(52)82-72-80/h11-16,20-23,25-32,36-41,79-80H,2,4,10,17-19,24,33-35,42-45H2,1,3,5-9H3,(H,74,78). The molecule has 0 unspecified atom stereocenters. The van der Waals surface area contributed by atoms with E-state index in [1.807, 2.05) is 55.6 Å². The predicted octanol–water partition coefficient (Wildman–Crippen LogP) is 12.6. The highest BCUT2D eigenvalue weighted by Gasteiger charge is 2.40. The van der Waals surface area contributed by atoms with E-state index >= 15 is 0 Å². The summed E-state index contributed by atoms with van der Waals surface area (Å²) in [5.74, 6) is 1.04. The van der Waals surface area contributed by atoms with Crippen molar-refractivity contribution in [1.29, 1.82) is 0 Å². The van der Waals surface area contributed by atoms with Gasteiger partial charge in [0.2, 0.25) is 5.91 Å². The van der Waals surface area contributed by atoms with E-state index in [0.29, 0.717) is 87.7 Å². The van der Waals surface area contributed by atoms with E-state index in [1.165, 1.54) is 49.3 Å². The molecule has 0 fully saturated rings. The molecule has 13 heteroatoms. The molecule has 422 valence electrons. The Bertz CT molecular complexity index is 3750. The third-order valence-corrected chi connectivity index (χ3v) is 19.9. The summed E-state index contributed by atoms with van der Waals surface area (Å²) in [4.78, 5) is 35.0. The van der Waals surface area contributed by atoms with E-state index in [-0.39, 0.29) is 11.7 Å². The SMILES string of the molecule is C=C(C)C(=O)CCCCN(Cc1ccccc1O[B]O)Cc1c2ccccc2c(CN(CCCNC(=O)C(=C)C)Cc2ccccc2O[B]O)c2ccc(-c3cc(C)cc(C4=C5C=CC(=NC)C=C5[Si](C)(C)c5cc(CC)ccc54)c3)cc12. The van der Waals surface area contributed by atoms with Crippen LogP contribution >= 0.6 is 0 Å². The molecule has 1 aliphatic carbocycles. The lowest BCUT2D eigenvalue weighted by molar-refractivity contribution is -0.117. The van der Waals surface area contributed by atoms with Crippen LogP contribution in [0.4, 0.5) is 0 Å². The largest absolute Gasteiger partial charge is 0.569 e. The lowest BCUT2D eigenvalue weighted by atomic mass is 9.86. The smallest absolute Gasteiger partial charge is 0.537 e. The van der Waals surface area contributed by atoms with Crippen LogP contribution in [0.3, 0.4) is 0 Å². The van der Waals surface area contributed by atoms with Crippen molar-refractivity contribution in [3.63, 3.8) is 0 Å². The second-order valence-corrected chi connectivity index (χ2v) is 27.0. The van der Waals surface area contributed by atoms with E-state index in [9.17, 15) is 19.6 Å². The van der Waals surface area contributed by atoms with Crippen molar-refractivity contribution in [2.45, 2.75) is 99.1 Å². The fourth-order valence-corrected chi connectivity index (χ4v) is 15.1. The minimum Gasteiger partial charge on any atom is -0.537 e. The quantitative estimate of drug-likeness (QED) is 0.0212. The van der Waals surface area contributed by atoms with Crippen LogP contribution in [0, 0.1) is 6.92 Å². The Kier molecular flexibility index (Phi) is 19.6. The number of fused-ring (bicyclic) bond motifs is 4. The van der Waals surface area contributed by atoms with Crippen molar-refractivity contribution < 1.29 is 28.9 Å². The molecule has 9 rings (SSSR count). The van der Waals surface area contributed by atoms with Crippen LogP contribution in [0.5, 0.6) is 11.5 Å². The Hall–Kier alpha value is -7.64. The van der Waals surface area contributed by atoms with Crippen LogP contribution in [-0.2, 0) is 42.2 Å². The van der Waals surface area contributed by atoms with Gasteiger partial charge in [0.1, 0.15) is 19.6 Å². The van der Waals surface area contributed by atoms with Gasteiger partial charge in [0.15, 0.2) is 5.78 Å². The Morgan fingerprint density at radius 3 is 1.88 bits per heavy atom. The summed E-state index contributed by atoms with van der Waals surface area (Å²) in [6.45, 7) is 24.6. The number of ketones is 1. The number of carbonyl (C=O) groups excluding carboxylic acids is 2. The van der Waals surface area contributed by atoms with Gasteiger partial charge in [-0.05, 0) is 183 Å². The molecule has 3 N–H and O–H groups in total. The lowest BCUT2D eigenvalue weighted by Crippen LogP contribution is -2.49. The number of allylic oxidation sites excluding steroid dienone is 6. The Labute approximate surface area is 493 Å². The molecule has 0 spiro atoms. The minimum atomic E-state index is -2.15. The van der Waals surface area contributed by atoms with Gasteiger partial charge >= 0.3 is 15.4 Å². The molecule has 1 amide bonds. The predicted molar refractivity (Wildman–Crippen MR) is 346 cm³/mol. The molecule has 7 aromatic carbocycles. The number of nitrogens with zero attached hydrogens (tertiary/aromatic N) is 3. The van der Waals surface area contributed by atoms with Crippen molar-refractivity contribution in [3.8, 4) is 22.6 Å². The van der Waals surface area contributed by atoms with Gasteiger partial charge in [0.05, 0.1) is 5.71 Å². The van der Waals surface area contributed by atoms with E-state index < -0.39 is 8.07 Å². The number of aryl methyl sites for hydroxylation is 2. The molecule has 0 atom stereocenters. The van der Waals surface area contributed by atoms with E-state index in [2.05, 4.69) is 157 Å². The Morgan fingerprint density at radius 2 is 1.27 bits per heavy atom. The van der Waals surface area contributed by atoms with Gasteiger partial charge in [0.25, 0.3) is 0 Å². The summed E-state index contributed by atoms with van der Waals surface area (Å²) in [7, 11) is 1.18. The minimum absolute atomic E-state index is 0.0785. The number of rotatable bonds is 26. The zero-order chi connectivity index (χ0) is 58.8. The molecular formula is C70H76B2N4O6Si. The average Bonchev–Trinajstić information content (AvgIpc) is 1.26. The van der Waals surface area contributed by atoms with Crippen molar-refractivity contribution in [1.82, 2.24) is 15.1 Å².